The Labute approximate surface area is 221 Å². The fourth-order valence-electron chi connectivity index (χ4n) is 4.67. The average Bonchev–Trinajstić information content (AvgIpc) is 3.51. The highest BCUT2D eigenvalue weighted by Gasteiger charge is 2.43. The molecule has 0 radical (unpaired) electrons. The first-order valence-corrected chi connectivity index (χ1v) is 13.6. The van der Waals surface area contributed by atoms with Crippen molar-refractivity contribution in [2.45, 2.75) is 44.3 Å². The Morgan fingerprint density at radius 3 is 2.41 bits per heavy atom. The van der Waals surface area contributed by atoms with Gasteiger partial charge in [-0.1, -0.05) is 58.8 Å². The molecule has 2 aromatic carbocycles. The van der Waals surface area contributed by atoms with Crippen molar-refractivity contribution >= 4 is 7.82 Å². The molecule has 206 valence electrons. The molecule has 2 heterocycles. The van der Waals surface area contributed by atoms with Crippen LogP contribution in [0.5, 0.6) is 0 Å². The first-order chi connectivity index (χ1) is 18.3. The van der Waals surface area contributed by atoms with E-state index in [9.17, 15) is 17.7 Å². The Hall–Kier alpha value is -3.28. The number of hydrogen-bond donors (Lipinski definition) is 3. The number of phosphoric ester groups is 1. The zero-order valence-electron chi connectivity index (χ0n) is 20.7. The summed E-state index contributed by atoms with van der Waals surface area (Å²) in [5.41, 5.74) is 7.58. The second kappa shape index (κ2) is 10.0. The van der Waals surface area contributed by atoms with Gasteiger partial charge in [0.05, 0.1) is 6.61 Å². The van der Waals surface area contributed by atoms with Crippen LogP contribution < -0.4 is 5.73 Å². The highest BCUT2D eigenvalue weighted by atomic mass is 31.2. The molecule has 0 spiro atoms. The van der Waals surface area contributed by atoms with Crippen molar-refractivity contribution in [3.63, 3.8) is 0 Å². The number of alkyl halides is 3. The first-order valence-electron chi connectivity index (χ1n) is 12.0. The van der Waals surface area contributed by atoms with Gasteiger partial charge in [0, 0.05) is 22.2 Å². The number of phosphoric acid groups is 1. The number of fused-ring (bicyclic) bond motifs is 3. The van der Waals surface area contributed by atoms with E-state index in [1.165, 1.54) is 12.1 Å². The molecule has 39 heavy (non-hydrogen) atoms. The van der Waals surface area contributed by atoms with E-state index in [0.29, 0.717) is 36.9 Å². The molecular weight excluding hydrogens is 538 g/mol. The van der Waals surface area contributed by atoms with Crippen LogP contribution in [0.4, 0.5) is 13.2 Å². The summed E-state index contributed by atoms with van der Waals surface area (Å²) in [6.07, 6.45) is -2.88. The standard InChI is InChI=1S/C26H25F3N3O6P/c1-25(30,14-36-39(33,34)35)12-11-15-7-9-18-17(13-15)8-10-19-21(18)31-38-24(19)22-20(26(27,28)29)23(37-32-22)16-5-3-2-4-6-16/h2-7,9,13H,8,10-12,14,30H2,1H3,(H2,33,34,35)/t25-/m1/s1. The maximum atomic E-state index is 14.2. The molecule has 2 aromatic heterocycles. The molecule has 4 N–H and O–H groups in total. The summed E-state index contributed by atoms with van der Waals surface area (Å²) in [6.45, 7) is 1.34. The number of benzene rings is 2. The molecule has 0 amide bonds. The molecule has 0 aliphatic heterocycles. The molecule has 0 saturated heterocycles. The van der Waals surface area contributed by atoms with Gasteiger partial charge >= 0.3 is 14.0 Å². The number of hydrogen-bond acceptors (Lipinski definition) is 7. The minimum absolute atomic E-state index is 0.0677. The third kappa shape index (κ3) is 5.85. The predicted molar refractivity (Wildman–Crippen MR) is 134 cm³/mol. The summed E-state index contributed by atoms with van der Waals surface area (Å²) in [5, 5.41) is 7.86. The topological polar surface area (TPSA) is 145 Å². The maximum Gasteiger partial charge on any atom is 0.469 e. The van der Waals surface area contributed by atoms with Crippen LogP contribution in [0.25, 0.3) is 34.0 Å². The Morgan fingerprint density at radius 2 is 1.72 bits per heavy atom. The van der Waals surface area contributed by atoms with Crippen LogP contribution in [0.1, 0.15) is 35.6 Å². The van der Waals surface area contributed by atoms with Gasteiger partial charge < -0.3 is 24.6 Å². The molecule has 4 aromatic rings. The van der Waals surface area contributed by atoms with E-state index in [1.54, 1.807) is 25.1 Å². The molecule has 0 unspecified atom stereocenters. The number of nitrogens with two attached hydrogens (primary N) is 1. The van der Waals surface area contributed by atoms with E-state index in [0.717, 1.165) is 16.7 Å². The van der Waals surface area contributed by atoms with Crippen LogP contribution in [0, 0.1) is 0 Å². The van der Waals surface area contributed by atoms with Crippen LogP contribution in [0.3, 0.4) is 0 Å². The lowest BCUT2D eigenvalue weighted by atomic mass is 9.86. The van der Waals surface area contributed by atoms with Crippen LogP contribution >= 0.6 is 7.82 Å². The van der Waals surface area contributed by atoms with Crippen LogP contribution in [-0.4, -0.2) is 32.2 Å². The highest BCUT2D eigenvalue weighted by Crippen LogP contribution is 2.46. The van der Waals surface area contributed by atoms with Crippen molar-refractivity contribution in [2.24, 2.45) is 5.73 Å². The Bertz CT molecular complexity index is 1540. The molecule has 1 aliphatic rings. The number of halogens is 3. The van der Waals surface area contributed by atoms with Gasteiger partial charge in [-0.05, 0) is 43.7 Å². The Morgan fingerprint density at radius 1 is 1.03 bits per heavy atom. The van der Waals surface area contributed by atoms with Crippen molar-refractivity contribution in [3.05, 3.63) is 70.8 Å². The molecular formula is C26H25F3N3O6P. The number of nitrogens with zero attached hydrogens (tertiary/aromatic N) is 2. The quantitative estimate of drug-likeness (QED) is 0.235. The van der Waals surface area contributed by atoms with E-state index < -0.39 is 30.8 Å². The van der Waals surface area contributed by atoms with E-state index in [4.69, 9.17) is 24.6 Å². The Kier molecular flexibility index (Phi) is 7.02. The SMILES string of the molecule is C[C@@](N)(CCc1ccc2c(c1)CCc1c-2noc1-c1noc(-c2ccccc2)c1C(F)(F)F)COP(=O)(O)O. The normalized spacial score (nSPS) is 15.1. The van der Waals surface area contributed by atoms with Crippen LogP contribution in [-0.2, 0) is 34.5 Å². The third-order valence-electron chi connectivity index (χ3n) is 6.63. The summed E-state index contributed by atoms with van der Waals surface area (Å²) in [6, 6.07) is 13.6. The number of aryl methyl sites for hydroxylation is 2. The van der Waals surface area contributed by atoms with Crippen LogP contribution in [0.2, 0.25) is 0 Å². The molecule has 0 saturated carbocycles. The monoisotopic (exact) mass is 563 g/mol. The summed E-state index contributed by atoms with van der Waals surface area (Å²) in [7, 11) is -4.62. The lowest BCUT2D eigenvalue weighted by Crippen LogP contribution is -2.41. The van der Waals surface area contributed by atoms with Crippen molar-refractivity contribution in [1.29, 1.82) is 0 Å². The van der Waals surface area contributed by atoms with Gasteiger partial charge in [0.25, 0.3) is 0 Å². The van der Waals surface area contributed by atoms with E-state index >= 15 is 0 Å². The number of rotatable bonds is 8. The zero-order chi connectivity index (χ0) is 28.0. The van der Waals surface area contributed by atoms with Crippen LogP contribution in [0.15, 0.2) is 57.6 Å². The van der Waals surface area contributed by atoms with Gasteiger partial charge in [-0.25, -0.2) is 4.57 Å². The van der Waals surface area contributed by atoms with Gasteiger partial charge in [-0.3, -0.25) is 4.52 Å². The lowest BCUT2D eigenvalue weighted by Gasteiger charge is -2.25. The minimum Gasteiger partial charge on any atom is -0.355 e. The summed E-state index contributed by atoms with van der Waals surface area (Å²) < 4.78 is 68.7. The second-order valence-corrected chi connectivity index (χ2v) is 11.1. The van der Waals surface area contributed by atoms with Gasteiger partial charge in [0.1, 0.15) is 11.3 Å². The van der Waals surface area contributed by atoms with E-state index in [-0.39, 0.29) is 23.7 Å². The summed E-state index contributed by atoms with van der Waals surface area (Å²) in [4.78, 5) is 17.8. The number of aromatic nitrogens is 2. The van der Waals surface area contributed by atoms with Gasteiger partial charge in [0.2, 0.25) is 0 Å². The molecule has 0 fully saturated rings. The molecule has 1 aliphatic carbocycles. The predicted octanol–water partition coefficient (Wildman–Crippen LogP) is 5.54. The smallest absolute Gasteiger partial charge is 0.355 e. The summed E-state index contributed by atoms with van der Waals surface area (Å²) in [5.74, 6) is -0.455. The summed E-state index contributed by atoms with van der Waals surface area (Å²) >= 11 is 0. The second-order valence-electron chi connectivity index (χ2n) is 9.85. The maximum absolute atomic E-state index is 14.2. The average molecular weight is 563 g/mol. The van der Waals surface area contributed by atoms with Gasteiger partial charge in [-0.15, -0.1) is 0 Å². The van der Waals surface area contributed by atoms with Gasteiger partial charge in [0.15, 0.2) is 17.2 Å². The molecule has 1 atom stereocenters. The Balaban J connectivity index is 1.42. The van der Waals surface area contributed by atoms with Gasteiger partial charge in [-0.2, -0.15) is 13.2 Å². The largest absolute Gasteiger partial charge is 0.469 e. The first kappa shape index (κ1) is 27.3. The molecule has 9 nitrogen and oxygen atoms in total. The van der Waals surface area contributed by atoms with Crippen molar-refractivity contribution < 1.29 is 41.1 Å². The fourth-order valence-corrected chi connectivity index (χ4v) is 5.13. The fraction of sp³-hybridized carbons (Fsp3) is 0.308. The van der Waals surface area contributed by atoms with E-state index in [2.05, 4.69) is 14.8 Å². The molecule has 5 rings (SSSR count). The third-order valence-corrected chi connectivity index (χ3v) is 7.10. The molecule has 13 heteroatoms. The van der Waals surface area contributed by atoms with E-state index in [1.807, 2.05) is 18.2 Å². The molecule has 0 bridgehead atoms. The minimum atomic E-state index is -4.74. The highest BCUT2D eigenvalue weighted by molar-refractivity contribution is 7.46. The van der Waals surface area contributed by atoms with Crippen molar-refractivity contribution in [1.82, 2.24) is 10.3 Å². The lowest BCUT2D eigenvalue weighted by molar-refractivity contribution is -0.136. The van der Waals surface area contributed by atoms with Crippen molar-refractivity contribution in [3.8, 4) is 34.0 Å². The van der Waals surface area contributed by atoms with Crippen molar-refractivity contribution in [2.75, 3.05) is 6.61 Å². The zero-order valence-corrected chi connectivity index (χ0v) is 21.6.